The maximum absolute atomic E-state index is 12.6. The zero-order chi connectivity index (χ0) is 24.8. The number of hydrogen-bond acceptors (Lipinski definition) is 7. The van der Waals surface area contributed by atoms with Crippen LogP contribution >= 0.6 is 0 Å². The van der Waals surface area contributed by atoms with Gasteiger partial charge in [-0.05, 0) is 80.3 Å². The summed E-state index contributed by atoms with van der Waals surface area (Å²) in [5.74, 6) is -0.918. The van der Waals surface area contributed by atoms with E-state index in [0.29, 0.717) is 65.0 Å². The second-order valence-electron chi connectivity index (χ2n) is 9.71. The fourth-order valence-electron chi connectivity index (χ4n) is 2.72. The number of carboxylic acids is 1. The van der Waals surface area contributed by atoms with E-state index in [4.69, 9.17) is 20.3 Å². The Balaban J connectivity index is 4.73. The third kappa shape index (κ3) is 16.6. The predicted molar refractivity (Wildman–Crippen MR) is 124 cm³/mol. The zero-order valence-electron chi connectivity index (χ0n) is 20.7. The van der Waals surface area contributed by atoms with Gasteiger partial charge in [-0.1, -0.05) is 0 Å². The minimum absolute atomic E-state index is 0.115. The summed E-state index contributed by atoms with van der Waals surface area (Å²) in [6.07, 6.45) is 1.91. The molecule has 32 heavy (non-hydrogen) atoms. The number of carboxylic acid groups (broad SMARTS) is 1. The van der Waals surface area contributed by atoms with Gasteiger partial charge in [0.05, 0.1) is 6.54 Å². The van der Waals surface area contributed by atoms with Crippen LogP contribution < -0.4 is 11.1 Å². The van der Waals surface area contributed by atoms with Gasteiger partial charge in [-0.2, -0.15) is 0 Å². The summed E-state index contributed by atoms with van der Waals surface area (Å²) >= 11 is 0. The van der Waals surface area contributed by atoms with E-state index < -0.39 is 23.3 Å². The third-order valence-electron chi connectivity index (χ3n) is 4.10. The number of amides is 2. The number of rotatable bonds is 14. The van der Waals surface area contributed by atoms with E-state index in [9.17, 15) is 14.4 Å². The SMILES string of the molecule is CC(C)(C)OC(=O)N(CCCN)CCCCN(CCCNCC(=O)O)C(=O)OC(C)(C)C. The highest BCUT2D eigenvalue weighted by atomic mass is 16.6. The first kappa shape index (κ1) is 29.9. The Bertz CT molecular complexity index is 572. The molecule has 0 heterocycles. The largest absolute Gasteiger partial charge is 0.480 e. The number of ether oxygens (including phenoxy) is 2. The Hall–Kier alpha value is -2.07. The van der Waals surface area contributed by atoms with Gasteiger partial charge in [0.1, 0.15) is 11.2 Å². The van der Waals surface area contributed by atoms with E-state index in [1.54, 1.807) is 9.80 Å². The first-order chi connectivity index (χ1) is 14.7. The first-order valence-electron chi connectivity index (χ1n) is 11.3. The van der Waals surface area contributed by atoms with Crippen LogP contribution in [0.5, 0.6) is 0 Å². The molecule has 10 nitrogen and oxygen atoms in total. The number of carbonyl (C=O) groups excluding carboxylic acids is 2. The van der Waals surface area contributed by atoms with Gasteiger partial charge >= 0.3 is 18.2 Å². The van der Waals surface area contributed by atoms with Crippen molar-refractivity contribution >= 4 is 18.2 Å². The van der Waals surface area contributed by atoms with Gasteiger partial charge in [-0.3, -0.25) is 4.79 Å². The van der Waals surface area contributed by atoms with Gasteiger partial charge in [0.25, 0.3) is 0 Å². The van der Waals surface area contributed by atoms with Crippen LogP contribution in [0, 0.1) is 0 Å². The van der Waals surface area contributed by atoms with Crippen LogP contribution in [0.15, 0.2) is 0 Å². The van der Waals surface area contributed by atoms with Gasteiger partial charge in [-0.25, -0.2) is 9.59 Å². The standard InChI is InChI=1S/C22H44N4O6/c1-21(2,3)31-19(29)25(15-9-11-23)13-7-8-14-26(20(30)32-22(4,5)6)16-10-12-24-17-18(27)28/h24H,7-17,23H2,1-6H3,(H,27,28). The number of nitrogens with zero attached hydrogens (tertiary/aromatic N) is 2. The molecule has 0 aliphatic rings. The van der Waals surface area contributed by atoms with Crippen LogP contribution in [0.1, 0.15) is 67.2 Å². The van der Waals surface area contributed by atoms with Crippen molar-refractivity contribution < 1.29 is 29.0 Å². The van der Waals surface area contributed by atoms with Gasteiger partial charge in [-0.15, -0.1) is 0 Å². The Kier molecular flexibility index (Phi) is 13.9. The van der Waals surface area contributed by atoms with Crippen LogP contribution in [0.3, 0.4) is 0 Å². The van der Waals surface area contributed by atoms with E-state index in [0.717, 1.165) is 0 Å². The van der Waals surface area contributed by atoms with Gasteiger partial charge in [0.2, 0.25) is 0 Å². The van der Waals surface area contributed by atoms with E-state index in [1.165, 1.54) is 0 Å². The molecule has 0 bridgehead atoms. The Labute approximate surface area is 192 Å². The summed E-state index contributed by atoms with van der Waals surface area (Å²) in [5, 5.41) is 11.5. The molecular formula is C22H44N4O6. The maximum Gasteiger partial charge on any atom is 0.410 e. The third-order valence-corrected chi connectivity index (χ3v) is 4.10. The molecule has 0 aliphatic heterocycles. The van der Waals surface area contributed by atoms with E-state index >= 15 is 0 Å². The lowest BCUT2D eigenvalue weighted by Crippen LogP contribution is -2.40. The lowest BCUT2D eigenvalue weighted by Gasteiger charge is -2.29. The molecule has 0 aromatic rings. The van der Waals surface area contributed by atoms with Crippen LogP contribution in [-0.2, 0) is 14.3 Å². The molecule has 0 saturated carbocycles. The fraction of sp³-hybridized carbons (Fsp3) is 0.864. The Morgan fingerprint density at radius 1 is 0.781 bits per heavy atom. The molecule has 0 saturated heterocycles. The highest BCUT2D eigenvalue weighted by Crippen LogP contribution is 2.13. The van der Waals surface area contributed by atoms with Crippen LogP contribution in [0.2, 0.25) is 0 Å². The summed E-state index contributed by atoms with van der Waals surface area (Å²) in [6, 6.07) is 0. The predicted octanol–water partition coefficient (Wildman–Crippen LogP) is 2.65. The second kappa shape index (κ2) is 14.9. The molecule has 0 unspecified atom stereocenters. The van der Waals surface area contributed by atoms with Gasteiger partial charge in [0.15, 0.2) is 0 Å². The van der Waals surface area contributed by atoms with Crippen molar-refractivity contribution in [2.45, 2.75) is 78.4 Å². The molecule has 10 heteroatoms. The molecule has 0 radical (unpaired) electrons. The maximum atomic E-state index is 12.6. The van der Waals surface area contributed by atoms with Crippen molar-refractivity contribution in [1.29, 1.82) is 0 Å². The lowest BCUT2D eigenvalue weighted by molar-refractivity contribution is -0.135. The lowest BCUT2D eigenvalue weighted by atomic mass is 10.2. The second-order valence-corrected chi connectivity index (χ2v) is 9.71. The molecule has 0 atom stereocenters. The number of hydrogen-bond donors (Lipinski definition) is 3. The first-order valence-corrected chi connectivity index (χ1v) is 11.3. The summed E-state index contributed by atoms with van der Waals surface area (Å²) in [6.45, 7) is 13.7. The minimum atomic E-state index is -0.918. The molecule has 0 rings (SSSR count). The summed E-state index contributed by atoms with van der Waals surface area (Å²) in [7, 11) is 0. The normalized spacial score (nSPS) is 11.7. The zero-order valence-corrected chi connectivity index (χ0v) is 20.7. The number of carbonyl (C=O) groups is 3. The Morgan fingerprint density at radius 2 is 1.19 bits per heavy atom. The van der Waals surface area contributed by atoms with Gasteiger partial charge in [0, 0.05) is 26.2 Å². The summed E-state index contributed by atoms with van der Waals surface area (Å²) in [5.41, 5.74) is 4.42. The average molecular weight is 461 g/mol. The number of unbranched alkanes of at least 4 members (excludes halogenated alkanes) is 1. The Morgan fingerprint density at radius 3 is 1.56 bits per heavy atom. The molecule has 0 aromatic carbocycles. The van der Waals surface area contributed by atoms with Crippen molar-refractivity contribution in [3.8, 4) is 0 Å². The highest BCUT2D eigenvalue weighted by molar-refractivity contribution is 5.69. The highest BCUT2D eigenvalue weighted by Gasteiger charge is 2.23. The smallest absolute Gasteiger partial charge is 0.410 e. The molecule has 0 fully saturated rings. The summed E-state index contributed by atoms with van der Waals surface area (Å²) < 4.78 is 11.0. The molecule has 188 valence electrons. The van der Waals surface area contributed by atoms with E-state index in [1.807, 2.05) is 41.5 Å². The molecule has 0 spiro atoms. The van der Waals surface area contributed by atoms with Crippen LogP contribution in [0.4, 0.5) is 9.59 Å². The topological polar surface area (TPSA) is 134 Å². The average Bonchev–Trinajstić information content (AvgIpc) is 2.62. The molecule has 0 aromatic heterocycles. The molecule has 4 N–H and O–H groups in total. The molecular weight excluding hydrogens is 416 g/mol. The van der Waals surface area contributed by atoms with Crippen molar-refractivity contribution in [2.75, 3.05) is 45.8 Å². The number of aliphatic carboxylic acids is 1. The fourth-order valence-corrected chi connectivity index (χ4v) is 2.72. The van der Waals surface area contributed by atoms with Crippen molar-refractivity contribution in [3.05, 3.63) is 0 Å². The minimum Gasteiger partial charge on any atom is -0.480 e. The summed E-state index contributed by atoms with van der Waals surface area (Å²) in [4.78, 5) is 38.9. The number of nitrogens with one attached hydrogen (secondary N) is 1. The van der Waals surface area contributed by atoms with Crippen LogP contribution in [-0.4, -0.2) is 90.1 Å². The quantitative estimate of drug-likeness (QED) is 0.337. The van der Waals surface area contributed by atoms with Crippen molar-refractivity contribution in [3.63, 3.8) is 0 Å². The van der Waals surface area contributed by atoms with Crippen molar-refractivity contribution in [2.24, 2.45) is 5.73 Å². The molecule has 2 amide bonds. The van der Waals surface area contributed by atoms with Crippen LogP contribution in [0.25, 0.3) is 0 Å². The van der Waals surface area contributed by atoms with E-state index in [2.05, 4.69) is 5.32 Å². The van der Waals surface area contributed by atoms with Crippen molar-refractivity contribution in [1.82, 2.24) is 15.1 Å². The number of nitrogens with two attached hydrogens (primary N) is 1. The molecule has 0 aliphatic carbocycles. The monoisotopic (exact) mass is 460 g/mol. The van der Waals surface area contributed by atoms with Gasteiger partial charge < -0.3 is 35.4 Å². The van der Waals surface area contributed by atoms with E-state index in [-0.39, 0.29) is 12.6 Å².